The molecule has 1 aliphatic heterocycles. The van der Waals surface area contributed by atoms with Crippen molar-refractivity contribution in [1.82, 2.24) is 19.9 Å². The summed E-state index contributed by atoms with van der Waals surface area (Å²) in [7, 11) is 0. The number of hydrogen-bond donors (Lipinski definition) is 1. The summed E-state index contributed by atoms with van der Waals surface area (Å²) in [6.45, 7) is 4.90. The topological polar surface area (TPSA) is 88.2 Å². The lowest BCUT2D eigenvalue weighted by atomic mass is 10.1. The van der Waals surface area contributed by atoms with Crippen LogP contribution in [0.1, 0.15) is 34.7 Å². The van der Waals surface area contributed by atoms with Crippen molar-refractivity contribution in [3.05, 3.63) is 51.8 Å². The second-order valence-corrected chi connectivity index (χ2v) is 5.97. The van der Waals surface area contributed by atoms with Crippen LogP contribution in [0, 0.1) is 13.8 Å². The van der Waals surface area contributed by atoms with Gasteiger partial charge in [0.15, 0.2) is 0 Å². The molecule has 2 aromatic rings. The fraction of sp³-hybridized carbons (Fsp3) is 0.412. The largest absolute Gasteiger partial charge is 0.472 e. The molecule has 0 saturated carbocycles. The average molecular weight is 328 g/mol. The van der Waals surface area contributed by atoms with Gasteiger partial charge in [0.25, 0.3) is 5.91 Å². The lowest BCUT2D eigenvalue weighted by molar-refractivity contribution is 0.0526. The number of amides is 1. The molecule has 24 heavy (non-hydrogen) atoms. The van der Waals surface area contributed by atoms with Crippen LogP contribution in [0.3, 0.4) is 0 Å². The van der Waals surface area contributed by atoms with Gasteiger partial charge in [0, 0.05) is 30.6 Å². The molecule has 1 saturated heterocycles. The summed E-state index contributed by atoms with van der Waals surface area (Å²) in [5, 5.41) is 0. The second-order valence-electron chi connectivity index (χ2n) is 5.97. The van der Waals surface area contributed by atoms with Gasteiger partial charge >= 0.3 is 0 Å². The van der Waals surface area contributed by atoms with Crippen LogP contribution >= 0.6 is 0 Å². The van der Waals surface area contributed by atoms with Gasteiger partial charge in [0.1, 0.15) is 11.9 Å². The monoisotopic (exact) mass is 328 g/mol. The Morgan fingerprint density at radius 1 is 1.33 bits per heavy atom. The third-order valence-corrected chi connectivity index (χ3v) is 3.93. The molecule has 7 nitrogen and oxygen atoms in total. The summed E-state index contributed by atoms with van der Waals surface area (Å²) in [5.41, 5.74) is 1.11. The SMILES string of the molecule is Cc1cc(OC2CCCN(C(=O)c3ccc(=O)[nH]c3)C2)nc(C)n1. The molecule has 1 fully saturated rings. The number of pyridine rings is 1. The lowest BCUT2D eigenvalue weighted by Crippen LogP contribution is -2.44. The van der Waals surface area contributed by atoms with Gasteiger partial charge in [-0.1, -0.05) is 0 Å². The van der Waals surface area contributed by atoms with Crippen molar-refractivity contribution >= 4 is 5.91 Å². The number of ether oxygens (including phenoxy) is 1. The van der Waals surface area contributed by atoms with Gasteiger partial charge in [0.05, 0.1) is 12.1 Å². The maximum atomic E-state index is 12.5. The van der Waals surface area contributed by atoms with E-state index in [1.165, 1.54) is 12.3 Å². The Bertz CT molecular complexity index is 762. The fourth-order valence-electron chi connectivity index (χ4n) is 2.86. The summed E-state index contributed by atoms with van der Waals surface area (Å²) >= 11 is 0. The quantitative estimate of drug-likeness (QED) is 0.921. The first-order valence-electron chi connectivity index (χ1n) is 7.98. The number of nitrogens with zero attached hydrogens (tertiary/aromatic N) is 3. The Morgan fingerprint density at radius 3 is 2.88 bits per heavy atom. The molecule has 7 heteroatoms. The molecule has 3 heterocycles. The van der Waals surface area contributed by atoms with E-state index in [4.69, 9.17) is 4.74 Å². The van der Waals surface area contributed by atoms with E-state index in [0.29, 0.717) is 30.4 Å². The number of likely N-dealkylation sites (tertiary alicyclic amines) is 1. The first-order chi connectivity index (χ1) is 11.5. The van der Waals surface area contributed by atoms with Crippen LogP contribution in [-0.4, -0.2) is 45.0 Å². The number of aromatic nitrogens is 3. The number of aromatic amines is 1. The van der Waals surface area contributed by atoms with E-state index < -0.39 is 0 Å². The third-order valence-electron chi connectivity index (χ3n) is 3.93. The van der Waals surface area contributed by atoms with Crippen LogP contribution in [0.2, 0.25) is 0 Å². The van der Waals surface area contributed by atoms with Gasteiger partial charge in [-0.15, -0.1) is 0 Å². The highest BCUT2D eigenvalue weighted by Crippen LogP contribution is 2.19. The second kappa shape index (κ2) is 6.82. The van der Waals surface area contributed by atoms with Crippen molar-refractivity contribution in [2.24, 2.45) is 0 Å². The van der Waals surface area contributed by atoms with Crippen molar-refractivity contribution in [2.45, 2.75) is 32.8 Å². The minimum atomic E-state index is -0.221. The van der Waals surface area contributed by atoms with E-state index in [2.05, 4.69) is 15.0 Å². The first-order valence-corrected chi connectivity index (χ1v) is 7.98. The van der Waals surface area contributed by atoms with Crippen molar-refractivity contribution in [1.29, 1.82) is 0 Å². The number of nitrogens with one attached hydrogen (secondary N) is 1. The number of carbonyl (C=O) groups is 1. The molecule has 1 N–H and O–H groups in total. The molecule has 0 aromatic carbocycles. The Morgan fingerprint density at radius 2 is 2.17 bits per heavy atom. The normalized spacial score (nSPS) is 17.6. The molecule has 1 unspecified atom stereocenters. The summed E-state index contributed by atoms with van der Waals surface area (Å²) in [6.07, 6.45) is 3.09. The molecule has 1 atom stereocenters. The van der Waals surface area contributed by atoms with Crippen LogP contribution in [-0.2, 0) is 0 Å². The zero-order valence-corrected chi connectivity index (χ0v) is 13.8. The molecule has 1 aliphatic rings. The average Bonchev–Trinajstić information content (AvgIpc) is 2.54. The first kappa shape index (κ1) is 16.2. The standard InChI is InChI=1S/C17H20N4O3/c1-11-8-16(20-12(2)19-11)24-14-4-3-7-21(10-14)17(23)13-5-6-15(22)18-9-13/h5-6,8-9,14H,3-4,7,10H2,1-2H3,(H,18,22). The summed E-state index contributed by atoms with van der Waals surface area (Å²) < 4.78 is 5.95. The Labute approximate surface area is 139 Å². The molecule has 1 amide bonds. The van der Waals surface area contributed by atoms with Crippen LogP contribution in [0.25, 0.3) is 0 Å². The highest BCUT2D eigenvalue weighted by atomic mass is 16.5. The molecule has 0 aliphatic carbocycles. The summed E-state index contributed by atoms with van der Waals surface area (Å²) in [4.78, 5) is 36.5. The number of rotatable bonds is 3. The van der Waals surface area contributed by atoms with Gasteiger partial charge in [-0.3, -0.25) is 9.59 Å². The van der Waals surface area contributed by atoms with Crippen molar-refractivity contribution < 1.29 is 9.53 Å². The molecule has 0 bridgehead atoms. The predicted octanol–water partition coefficient (Wildman–Crippen LogP) is 1.47. The van der Waals surface area contributed by atoms with Crippen LogP contribution in [0.5, 0.6) is 5.88 Å². The van der Waals surface area contributed by atoms with Crippen LogP contribution in [0.4, 0.5) is 0 Å². The zero-order chi connectivity index (χ0) is 17.1. The van der Waals surface area contributed by atoms with Crippen LogP contribution < -0.4 is 10.3 Å². The van der Waals surface area contributed by atoms with Gasteiger partial charge in [-0.2, -0.15) is 4.98 Å². The van der Waals surface area contributed by atoms with Gasteiger partial charge in [-0.25, -0.2) is 4.98 Å². The summed E-state index contributed by atoms with van der Waals surface area (Å²) in [5.74, 6) is 1.11. The Hall–Kier alpha value is -2.70. The number of piperidine rings is 1. The minimum Gasteiger partial charge on any atom is -0.472 e. The number of H-pyrrole nitrogens is 1. The molecule has 0 radical (unpaired) electrons. The van der Waals surface area contributed by atoms with E-state index in [1.807, 2.05) is 13.8 Å². The van der Waals surface area contributed by atoms with E-state index in [0.717, 1.165) is 18.5 Å². The maximum Gasteiger partial charge on any atom is 0.255 e. The highest BCUT2D eigenvalue weighted by Gasteiger charge is 2.26. The molecule has 2 aromatic heterocycles. The Kier molecular flexibility index (Phi) is 4.59. The minimum absolute atomic E-state index is 0.0980. The van der Waals surface area contributed by atoms with Crippen molar-refractivity contribution in [3.8, 4) is 5.88 Å². The van der Waals surface area contributed by atoms with Crippen LogP contribution in [0.15, 0.2) is 29.2 Å². The van der Waals surface area contributed by atoms with E-state index >= 15 is 0 Å². The number of aryl methyl sites for hydroxylation is 2. The van der Waals surface area contributed by atoms with Crippen molar-refractivity contribution in [3.63, 3.8) is 0 Å². The van der Waals surface area contributed by atoms with E-state index in [9.17, 15) is 9.59 Å². The van der Waals surface area contributed by atoms with Gasteiger partial charge < -0.3 is 14.6 Å². The fourth-order valence-corrected chi connectivity index (χ4v) is 2.86. The molecular formula is C17H20N4O3. The van der Waals surface area contributed by atoms with Gasteiger partial charge in [-0.05, 0) is 32.8 Å². The number of hydrogen-bond acceptors (Lipinski definition) is 5. The van der Waals surface area contributed by atoms with E-state index in [-0.39, 0.29) is 17.6 Å². The summed E-state index contributed by atoms with van der Waals surface area (Å²) in [6, 6.07) is 4.70. The van der Waals surface area contributed by atoms with E-state index in [1.54, 1.807) is 17.0 Å². The third kappa shape index (κ3) is 3.79. The highest BCUT2D eigenvalue weighted by molar-refractivity contribution is 5.93. The number of carbonyl (C=O) groups excluding carboxylic acids is 1. The lowest BCUT2D eigenvalue weighted by Gasteiger charge is -2.32. The molecular weight excluding hydrogens is 308 g/mol. The molecule has 3 rings (SSSR count). The van der Waals surface area contributed by atoms with Crippen molar-refractivity contribution in [2.75, 3.05) is 13.1 Å². The Balaban J connectivity index is 1.68. The predicted molar refractivity (Wildman–Crippen MR) is 88.1 cm³/mol. The maximum absolute atomic E-state index is 12.5. The smallest absolute Gasteiger partial charge is 0.255 e. The zero-order valence-electron chi connectivity index (χ0n) is 13.8. The molecule has 0 spiro atoms. The van der Waals surface area contributed by atoms with Gasteiger partial charge in [0.2, 0.25) is 11.4 Å². The molecule has 126 valence electrons.